The van der Waals surface area contributed by atoms with Gasteiger partial charge >= 0.3 is 0 Å². The molecular weight excluding hydrogens is 417 g/mol. The third-order valence-electron chi connectivity index (χ3n) is 3.60. The van der Waals surface area contributed by atoms with E-state index in [-0.39, 0.29) is 29.7 Å². The van der Waals surface area contributed by atoms with Crippen molar-refractivity contribution in [3.8, 4) is 11.5 Å². The van der Waals surface area contributed by atoms with Crippen molar-refractivity contribution in [1.29, 1.82) is 0 Å². The van der Waals surface area contributed by atoms with Crippen LogP contribution in [0, 0.1) is 5.92 Å². The number of hydrogen-bond acceptors (Lipinski definition) is 3. The first-order valence-electron chi connectivity index (χ1n) is 8.37. The molecule has 138 valence electrons. The van der Waals surface area contributed by atoms with Crippen LogP contribution in [0.15, 0.2) is 23.2 Å². The summed E-state index contributed by atoms with van der Waals surface area (Å²) in [7, 11) is 1.61. The molecule has 1 aromatic carbocycles. The zero-order chi connectivity index (χ0) is 17.2. The Bertz CT molecular complexity index is 507. The maximum Gasteiger partial charge on any atom is 0.191 e. The van der Waals surface area contributed by atoms with E-state index in [0.29, 0.717) is 18.5 Å². The molecule has 0 amide bonds. The van der Waals surface area contributed by atoms with E-state index < -0.39 is 0 Å². The number of aromatic hydroxyl groups is 1. The lowest BCUT2D eigenvalue weighted by Gasteiger charge is -2.18. The molecule has 0 aromatic heterocycles. The second kappa shape index (κ2) is 12.2. The molecule has 0 radical (unpaired) electrons. The molecule has 24 heavy (non-hydrogen) atoms. The van der Waals surface area contributed by atoms with Crippen molar-refractivity contribution in [2.45, 2.75) is 53.1 Å². The summed E-state index contributed by atoms with van der Waals surface area (Å²) >= 11 is 0. The van der Waals surface area contributed by atoms with Crippen LogP contribution in [-0.2, 0) is 6.54 Å². The van der Waals surface area contributed by atoms with Gasteiger partial charge in [-0.25, -0.2) is 4.99 Å². The average molecular weight is 449 g/mol. The first kappa shape index (κ1) is 22.8. The summed E-state index contributed by atoms with van der Waals surface area (Å²) in [6, 6.07) is 5.54. The molecule has 1 atom stereocenters. The summed E-state index contributed by atoms with van der Waals surface area (Å²) in [4.78, 5) is 4.57. The zero-order valence-electron chi connectivity index (χ0n) is 15.4. The fraction of sp³-hybridized carbons (Fsp3) is 0.611. The van der Waals surface area contributed by atoms with Gasteiger partial charge in [0.2, 0.25) is 0 Å². The minimum Gasteiger partial charge on any atom is -0.508 e. The van der Waals surface area contributed by atoms with Gasteiger partial charge in [-0.15, -0.1) is 24.0 Å². The van der Waals surface area contributed by atoms with E-state index in [0.717, 1.165) is 30.2 Å². The van der Waals surface area contributed by atoms with E-state index in [1.165, 1.54) is 6.42 Å². The number of hydrogen-bond donors (Lipinski definition) is 3. The Hall–Kier alpha value is -1.18. The van der Waals surface area contributed by atoms with Gasteiger partial charge in [-0.3, -0.25) is 0 Å². The molecule has 0 aliphatic heterocycles. The average Bonchev–Trinajstić information content (AvgIpc) is 2.52. The fourth-order valence-electron chi connectivity index (χ4n) is 2.19. The Morgan fingerprint density at radius 1 is 1.25 bits per heavy atom. The molecule has 0 aliphatic carbocycles. The maximum atomic E-state index is 9.93. The molecule has 6 heteroatoms. The van der Waals surface area contributed by atoms with Gasteiger partial charge in [-0.05, 0) is 50.8 Å². The van der Waals surface area contributed by atoms with Crippen LogP contribution in [0.2, 0.25) is 0 Å². The Labute approximate surface area is 163 Å². The Balaban J connectivity index is 0.00000529. The highest BCUT2D eigenvalue weighted by atomic mass is 127. The number of rotatable bonds is 8. The lowest BCUT2D eigenvalue weighted by Crippen LogP contribution is -2.42. The molecule has 0 aliphatic rings. The van der Waals surface area contributed by atoms with Gasteiger partial charge in [0.15, 0.2) is 5.96 Å². The molecule has 1 rings (SSSR count). The molecular formula is C18H32IN3O2. The van der Waals surface area contributed by atoms with E-state index in [2.05, 4.69) is 36.4 Å². The number of methoxy groups -OCH3 is 1. The second-order valence-electron chi connectivity index (χ2n) is 6.21. The van der Waals surface area contributed by atoms with Crippen LogP contribution in [0.3, 0.4) is 0 Å². The predicted molar refractivity (Wildman–Crippen MR) is 112 cm³/mol. The van der Waals surface area contributed by atoms with E-state index in [1.54, 1.807) is 19.2 Å². The van der Waals surface area contributed by atoms with Crippen molar-refractivity contribution in [3.63, 3.8) is 0 Å². The van der Waals surface area contributed by atoms with E-state index in [9.17, 15) is 5.11 Å². The lowest BCUT2D eigenvalue weighted by atomic mass is 10.0. The molecule has 0 fully saturated rings. The number of aliphatic imine (C=N–C) groups is 1. The number of guanidine groups is 1. The Kier molecular flexibility index (Phi) is 11.6. The predicted octanol–water partition coefficient (Wildman–Crippen LogP) is 3.90. The van der Waals surface area contributed by atoms with E-state index in [1.807, 2.05) is 13.0 Å². The van der Waals surface area contributed by atoms with Crippen LogP contribution in [-0.4, -0.2) is 30.8 Å². The van der Waals surface area contributed by atoms with Crippen LogP contribution in [0.4, 0.5) is 0 Å². The highest BCUT2D eigenvalue weighted by Crippen LogP contribution is 2.23. The first-order chi connectivity index (χ1) is 11.0. The minimum atomic E-state index is 0. The van der Waals surface area contributed by atoms with Crippen LogP contribution in [0.5, 0.6) is 11.5 Å². The van der Waals surface area contributed by atoms with Crippen LogP contribution < -0.4 is 15.4 Å². The van der Waals surface area contributed by atoms with Crippen molar-refractivity contribution < 1.29 is 9.84 Å². The van der Waals surface area contributed by atoms with Gasteiger partial charge in [0, 0.05) is 18.2 Å². The third-order valence-corrected chi connectivity index (χ3v) is 3.60. The van der Waals surface area contributed by atoms with Gasteiger partial charge < -0.3 is 20.5 Å². The maximum absolute atomic E-state index is 9.93. The van der Waals surface area contributed by atoms with Crippen LogP contribution in [0.1, 0.15) is 46.1 Å². The topological polar surface area (TPSA) is 65.9 Å². The number of benzene rings is 1. The quantitative estimate of drug-likeness (QED) is 0.320. The molecule has 0 heterocycles. The van der Waals surface area contributed by atoms with Gasteiger partial charge in [0.05, 0.1) is 13.7 Å². The molecule has 0 bridgehead atoms. The van der Waals surface area contributed by atoms with Gasteiger partial charge in [0.25, 0.3) is 0 Å². The molecule has 0 spiro atoms. The molecule has 1 unspecified atom stereocenters. The van der Waals surface area contributed by atoms with E-state index in [4.69, 9.17) is 4.74 Å². The largest absolute Gasteiger partial charge is 0.508 e. The monoisotopic (exact) mass is 449 g/mol. The molecule has 3 N–H and O–H groups in total. The van der Waals surface area contributed by atoms with Gasteiger partial charge in [-0.2, -0.15) is 0 Å². The smallest absolute Gasteiger partial charge is 0.191 e. The zero-order valence-corrected chi connectivity index (χ0v) is 17.8. The van der Waals surface area contributed by atoms with Crippen LogP contribution in [0.25, 0.3) is 0 Å². The lowest BCUT2D eigenvalue weighted by molar-refractivity contribution is 0.411. The van der Waals surface area contributed by atoms with Crippen molar-refractivity contribution in [1.82, 2.24) is 10.6 Å². The normalized spacial score (nSPS) is 12.5. The standard InChI is InChI=1S/C18H31N3O2.HI/c1-6-19-18(21-14(4)8-7-13(2)3)20-12-15-11-16(23-5)9-10-17(15)22;/h9-11,13-14,22H,6-8,12H2,1-5H3,(H2,19,20,21);1H. The summed E-state index contributed by atoms with van der Waals surface area (Å²) in [6.07, 6.45) is 2.29. The number of phenolic OH excluding ortho intramolecular Hbond substituents is 1. The molecule has 0 saturated heterocycles. The number of phenols is 1. The summed E-state index contributed by atoms with van der Waals surface area (Å²) in [6.45, 7) is 9.87. The second-order valence-corrected chi connectivity index (χ2v) is 6.21. The number of halogens is 1. The third kappa shape index (κ3) is 8.61. The minimum absolute atomic E-state index is 0. The number of nitrogens with zero attached hydrogens (tertiary/aromatic N) is 1. The van der Waals surface area contributed by atoms with Crippen molar-refractivity contribution >= 4 is 29.9 Å². The highest BCUT2D eigenvalue weighted by molar-refractivity contribution is 14.0. The van der Waals surface area contributed by atoms with Gasteiger partial charge in [0.1, 0.15) is 11.5 Å². The number of ether oxygens (including phenoxy) is 1. The molecule has 5 nitrogen and oxygen atoms in total. The molecule has 0 saturated carbocycles. The van der Waals surface area contributed by atoms with Gasteiger partial charge in [-0.1, -0.05) is 13.8 Å². The summed E-state index contributed by atoms with van der Waals surface area (Å²) in [5.41, 5.74) is 0.747. The first-order valence-corrected chi connectivity index (χ1v) is 8.37. The van der Waals surface area contributed by atoms with Crippen molar-refractivity contribution in [2.75, 3.05) is 13.7 Å². The SMILES string of the molecule is CCNC(=NCc1cc(OC)ccc1O)NC(C)CCC(C)C.I. The van der Waals surface area contributed by atoms with Crippen molar-refractivity contribution in [2.24, 2.45) is 10.9 Å². The fourth-order valence-corrected chi connectivity index (χ4v) is 2.19. The number of nitrogens with one attached hydrogen (secondary N) is 2. The molecule has 1 aromatic rings. The van der Waals surface area contributed by atoms with E-state index >= 15 is 0 Å². The summed E-state index contributed by atoms with van der Waals surface area (Å²) < 4.78 is 5.19. The Morgan fingerprint density at radius 3 is 2.54 bits per heavy atom. The summed E-state index contributed by atoms with van der Waals surface area (Å²) in [5, 5.41) is 16.6. The Morgan fingerprint density at radius 2 is 1.96 bits per heavy atom. The highest BCUT2D eigenvalue weighted by Gasteiger charge is 2.07. The summed E-state index contributed by atoms with van der Waals surface area (Å²) in [5.74, 6) is 2.42. The van der Waals surface area contributed by atoms with Crippen molar-refractivity contribution in [3.05, 3.63) is 23.8 Å². The van der Waals surface area contributed by atoms with Crippen LogP contribution >= 0.6 is 24.0 Å².